The quantitative estimate of drug-likeness (QED) is 0.489. The van der Waals surface area contributed by atoms with E-state index in [0.29, 0.717) is 28.2 Å². The van der Waals surface area contributed by atoms with Crippen molar-refractivity contribution in [1.82, 2.24) is 24.8 Å². The number of ether oxygens (including phenoxy) is 1. The lowest BCUT2D eigenvalue weighted by molar-refractivity contribution is -0.122. The first-order valence-electron chi connectivity index (χ1n) is 13.7. The summed E-state index contributed by atoms with van der Waals surface area (Å²) in [6, 6.07) is 9.20. The summed E-state index contributed by atoms with van der Waals surface area (Å²) < 4.78 is 6.82. The topological polar surface area (TPSA) is 92.6 Å². The molecule has 2 fully saturated rings. The molecule has 5 rings (SSSR count). The molecule has 9 nitrogen and oxygen atoms in total. The standard InChI is InChI=1S/C29H38N6O3/c1-20(2)31-26(36)19-35-28(22-7-6-8-24(15-22)38-3)32-27-25(29(35)37)16-23(17-30-27)34-13-9-21(10-14-34)18-33-11-4-5-12-33/h6-8,15-17,20-21H,4-5,9-14,18-19H2,1-3H3,(H,31,36). The van der Waals surface area contributed by atoms with E-state index in [4.69, 9.17) is 9.72 Å². The molecule has 1 N–H and O–H groups in total. The third kappa shape index (κ3) is 5.83. The minimum atomic E-state index is -0.273. The predicted octanol–water partition coefficient (Wildman–Crippen LogP) is 3.30. The van der Waals surface area contributed by atoms with Crippen LogP contribution in [0.25, 0.3) is 22.4 Å². The highest BCUT2D eigenvalue weighted by Crippen LogP contribution is 2.27. The molecule has 0 radical (unpaired) electrons. The van der Waals surface area contributed by atoms with E-state index < -0.39 is 0 Å². The lowest BCUT2D eigenvalue weighted by Crippen LogP contribution is -2.38. The van der Waals surface area contributed by atoms with Crippen molar-refractivity contribution in [3.63, 3.8) is 0 Å². The molecule has 3 aromatic rings. The first kappa shape index (κ1) is 26.2. The smallest absolute Gasteiger partial charge is 0.263 e. The van der Waals surface area contributed by atoms with Gasteiger partial charge in [-0.05, 0) is 76.7 Å². The van der Waals surface area contributed by atoms with Crippen LogP contribution in [0.4, 0.5) is 5.69 Å². The number of carbonyl (C=O) groups excluding carboxylic acids is 1. The van der Waals surface area contributed by atoms with E-state index in [1.54, 1.807) is 7.11 Å². The first-order chi connectivity index (χ1) is 18.4. The number of fused-ring (bicyclic) bond motifs is 1. The molecular formula is C29H38N6O3. The van der Waals surface area contributed by atoms with Crippen molar-refractivity contribution in [3.05, 3.63) is 46.9 Å². The van der Waals surface area contributed by atoms with Gasteiger partial charge in [-0.15, -0.1) is 0 Å². The molecule has 0 unspecified atom stereocenters. The SMILES string of the molecule is COc1cccc(-c2nc3ncc(N4CCC(CN5CCCC5)CC4)cc3c(=O)n2CC(=O)NC(C)C)c1. The zero-order chi connectivity index (χ0) is 26.6. The molecule has 9 heteroatoms. The van der Waals surface area contributed by atoms with Gasteiger partial charge in [0.15, 0.2) is 5.65 Å². The van der Waals surface area contributed by atoms with Gasteiger partial charge in [-0.25, -0.2) is 9.97 Å². The monoisotopic (exact) mass is 518 g/mol. The number of aromatic nitrogens is 3. The number of rotatable bonds is 8. The third-order valence-electron chi connectivity index (χ3n) is 7.57. The van der Waals surface area contributed by atoms with E-state index in [-0.39, 0.29) is 24.1 Å². The van der Waals surface area contributed by atoms with E-state index >= 15 is 0 Å². The number of hydrogen-bond donors (Lipinski definition) is 1. The number of methoxy groups -OCH3 is 1. The summed E-state index contributed by atoms with van der Waals surface area (Å²) in [7, 11) is 1.59. The van der Waals surface area contributed by atoms with Gasteiger partial charge in [0.1, 0.15) is 18.1 Å². The second-order valence-electron chi connectivity index (χ2n) is 10.8. The van der Waals surface area contributed by atoms with Crippen LogP contribution in [-0.2, 0) is 11.3 Å². The van der Waals surface area contributed by atoms with Crippen molar-refractivity contribution in [1.29, 1.82) is 0 Å². The van der Waals surface area contributed by atoms with Crippen LogP contribution in [0.3, 0.4) is 0 Å². The fraction of sp³-hybridized carbons (Fsp3) is 0.517. The number of carbonyl (C=O) groups is 1. The molecule has 1 aromatic carbocycles. The van der Waals surface area contributed by atoms with Crippen LogP contribution in [0.1, 0.15) is 39.5 Å². The van der Waals surface area contributed by atoms with Gasteiger partial charge in [0.2, 0.25) is 5.91 Å². The van der Waals surface area contributed by atoms with Crippen LogP contribution in [-0.4, -0.2) is 71.2 Å². The summed E-state index contributed by atoms with van der Waals surface area (Å²) in [6.45, 7) is 9.24. The average Bonchev–Trinajstić information content (AvgIpc) is 3.43. The molecule has 0 aliphatic carbocycles. The summed E-state index contributed by atoms with van der Waals surface area (Å²) in [6.07, 6.45) is 6.75. The Labute approximate surface area is 223 Å². The van der Waals surface area contributed by atoms with Crippen LogP contribution in [0, 0.1) is 5.92 Å². The Balaban J connectivity index is 1.45. The van der Waals surface area contributed by atoms with Crippen molar-refractivity contribution in [3.8, 4) is 17.1 Å². The van der Waals surface area contributed by atoms with Crippen LogP contribution in [0.2, 0.25) is 0 Å². The Hall–Kier alpha value is -3.46. The largest absolute Gasteiger partial charge is 0.497 e. The fourth-order valence-corrected chi connectivity index (χ4v) is 5.61. The van der Waals surface area contributed by atoms with Crippen molar-refractivity contribution < 1.29 is 9.53 Å². The summed E-state index contributed by atoms with van der Waals surface area (Å²) in [4.78, 5) is 40.9. The minimum absolute atomic E-state index is 0.0337. The molecule has 2 aromatic heterocycles. The molecule has 4 heterocycles. The minimum Gasteiger partial charge on any atom is -0.497 e. The van der Waals surface area contributed by atoms with Gasteiger partial charge in [-0.1, -0.05) is 12.1 Å². The fourth-order valence-electron chi connectivity index (χ4n) is 5.61. The van der Waals surface area contributed by atoms with Gasteiger partial charge in [-0.2, -0.15) is 0 Å². The van der Waals surface area contributed by atoms with Crippen molar-refractivity contribution in [2.24, 2.45) is 5.92 Å². The number of pyridine rings is 1. The Morgan fingerprint density at radius 3 is 2.61 bits per heavy atom. The molecule has 1 amide bonds. The Morgan fingerprint density at radius 2 is 1.89 bits per heavy atom. The number of hydrogen-bond acceptors (Lipinski definition) is 7. The van der Waals surface area contributed by atoms with Crippen molar-refractivity contribution >= 4 is 22.6 Å². The van der Waals surface area contributed by atoms with Crippen molar-refractivity contribution in [2.75, 3.05) is 44.7 Å². The van der Waals surface area contributed by atoms with Gasteiger partial charge in [0, 0.05) is 31.2 Å². The molecule has 0 spiro atoms. The molecule has 2 aliphatic rings. The van der Waals surface area contributed by atoms with Crippen LogP contribution in [0.5, 0.6) is 5.75 Å². The van der Waals surface area contributed by atoms with Gasteiger partial charge < -0.3 is 19.9 Å². The summed E-state index contributed by atoms with van der Waals surface area (Å²) in [5.41, 5.74) is 1.72. The molecule has 0 bridgehead atoms. The van der Waals surface area contributed by atoms with Gasteiger partial charge in [0.05, 0.1) is 24.4 Å². The number of anilines is 1. The van der Waals surface area contributed by atoms with Crippen LogP contribution >= 0.6 is 0 Å². The second-order valence-corrected chi connectivity index (χ2v) is 10.8. The highest BCUT2D eigenvalue weighted by Gasteiger charge is 2.24. The van der Waals surface area contributed by atoms with Crippen LogP contribution in [0.15, 0.2) is 41.3 Å². The zero-order valence-electron chi connectivity index (χ0n) is 22.7. The number of piperidine rings is 1. The Bertz CT molecular complexity index is 1340. The number of nitrogens with zero attached hydrogens (tertiary/aromatic N) is 5. The number of nitrogens with one attached hydrogen (secondary N) is 1. The van der Waals surface area contributed by atoms with E-state index in [1.807, 2.05) is 50.4 Å². The summed E-state index contributed by atoms with van der Waals surface area (Å²) >= 11 is 0. The average molecular weight is 519 g/mol. The molecule has 0 atom stereocenters. The van der Waals surface area contributed by atoms with E-state index in [1.165, 1.54) is 37.0 Å². The predicted molar refractivity (Wildman–Crippen MR) is 150 cm³/mol. The first-order valence-corrected chi connectivity index (χ1v) is 13.7. The van der Waals surface area contributed by atoms with Gasteiger partial charge in [0.25, 0.3) is 5.56 Å². The van der Waals surface area contributed by atoms with Gasteiger partial charge in [-0.3, -0.25) is 14.2 Å². The van der Waals surface area contributed by atoms with Crippen molar-refractivity contribution in [2.45, 2.75) is 52.1 Å². The van der Waals surface area contributed by atoms with Gasteiger partial charge >= 0.3 is 0 Å². The molecular weight excluding hydrogens is 480 g/mol. The lowest BCUT2D eigenvalue weighted by atomic mass is 9.96. The second kappa shape index (κ2) is 11.5. The molecule has 2 aliphatic heterocycles. The number of benzene rings is 1. The summed E-state index contributed by atoms with van der Waals surface area (Å²) in [5, 5.41) is 3.30. The van der Waals surface area contributed by atoms with E-state index in [9.17, 15) is 9.59 Å². The lowest BCUT2D eigenvalue weighted by Gasteiger charge is -2.35. The maximum atomic E-state index is 13.8. The number of likely N-dealkylation sites (tertiary alicyclic amines) is 1. The maximum Gasteiger partial charge on any atom is 0.263 e. The molecule has 2 saturated heterocycles. The molecule has 38 heavy (non-hydrogen) atoms. The highest BCUT2D eigenvalue weighted by molar-refractivity contribution is 5.82. The number of amides is 1. The Morgan fingerprint density at radius 1 is 1.13 bits per heavy atom. The summed E-state index contributed by atoms with van der Waals surface area (Å²) in [5.74, 6) is 1.52. The Kier molecular flexibility index (Phi) is 7.93. The van der Waals surface area contributed by atoms with E-state index in [2.05, 4.69) is 20.1 Å². The molecule has 202 valence electrons. The zero-order valence-corrected chi connectivity index (χ0v) is 22.7. The van der Waals surface area contributed by atoms with E-state index in [0.717, 1.165) is 37.5 Å². The van der Waals surface area contributed by atoms with Crippen LogP contribution < -0.4 is 20.5 Å². The third-order valence-corrected chi connectivity index (χ3v) is 7.57. The maximum absolute atomic E-state index is 13.8. The highest BCUT2D eigenvalue weighted by atomic mass is 16.5. The molecule has 0 saturated carbocycles. The normalized spacial score (nSPS) is 16.9.